The second-order valence-electron chi connectivity index (χ2n) is 5.02. The highest BCUT2D eigenvalue weighted by molar-refractivity contribution is 4.90. The largest absolute Gasteiger partial charge is 0.390 e. The van der Waals surface area contributed by atoms with E-state index in [9.17, 15) is 13.2 Å². The molecule has 1 saturated carbocycles. The van der Waals surface area contributed by atoms with E-state index in [1.165, 1.54) is 6.42 Å². The SMILES string of the molecule is CC(CC(F)(F)F)NCC1(N)CCCCC1. The van der Waals surface area contributed by atoms with Gasteiger partial charge in [-0.25, -0.2) is 0 Å². The van der Waals surface area contributed by atoms with Gasteiger partial charge < -0.3 is 11.1 Å². The molecule has 0 radical (unpaired) electrons. The molecular formula is C11H21F3N2. The van der Waals surface area contributed by atoms with Gasteiger partial charge in [0.25, 0.3) is 0 Å². The molecule has 1 rings (SSSR count). The van der Waals surface area contributed by atoms with E-state index in [1.54, 1.807) is 6.92 Å². The Morgan fingerprint density at radius 3 is 2.31 bits per heavy atom. The van der Waals surface area contributed by atoms with Crippen molar-refractivity contribution in [2.45, 2.75) is 63.2 Å². The average molecular weight is 238 g/mol. The highest BCUT2D eigenvalue weighted by Crippen LogP contribution is 2.26. The van der Waals surface area contributed by atoms with Gasteiger partial charge in [-0.2, -0.15) is 13.2 Å². The Hall–Kier alpha value is -0.290. The Morgan fingerprint density at radius 2 is 1.81 bits per heavy atom. The lowest BCUT2D eigenvalue weighted by Crippen LogP contribution is -2.52. The Labute approximate surface area is 94.8 Å². The van der Waals surface area contributed by atoms with Crippen LogP contribution in [0.2, 0.25) is 0 Å². The number of hydrogen-bond donors (Lipinski definition) is 2. The summed E-state index contributed by atoms with van der Waals surface area (Å²) in [6.45, 7) is 2.05. The number of nitrogens with two attached hydrogens (primary N) is 1. The highest BCUT2D eigenvalue weighted by atomic mass is 19.4. The zero-order valence-electron chi connectivity index (χ0n) is 9.74. The number of nitrogens with one attached hydrogen (secondary N) is 1. The third-order valence-electron chi connectivity index (χ3n) is 3.19. The molecule has 0 aromatic carbocycles. The average Bonchev–Trinajstić information content (AvgIpc) is 2.14. The first-order chi connectivity index (χ1) is 7.31. The van der Waals surface area contributed by atoms with Crippen LogP contribution in [0.5, 0.6) is 0 Å². The van der Waals surface area contributed by atoms with Crippen molar-refractivity contribution in [2.24, 2.45) is 5.73 Å². The molecule has 0 spiro atoms. The molecule has 0 heterocycles. The zero-order valence-corrected chi connectivity index (χ0v) is 9.74. The lowest BCUT2D eigenvalue weighted by Gasteiger charge is -2.34. The molecule has 0 aromatic heterocycles. The minimum absolute atomic E-state index is 0.294. The predicted octanol–water partition coefficient (Wildman–Crippen LogP) is 2.58. The maximum absolute atomic E-state index is 12.1. The summed E-state index contributed by atoms with van der Waals surface area (Å²) in [5.41, 5.74) is 5.83. The van der Waals surface area contributed by atoms with Crippen molar-refractivity contribution in [1.29, 1.82) is 0 Å². The maximum Gasteiger partial charge on any atom is 0.390 e. The van der Waals surface area contributed by atoms with Crippen LogP contribution in [0.15, 0.2) is 0 Å². The second-order valence-corrected chi connectivity index (χ2v) is 5.02. The van der Waals surface area contributed by atoms with Crippen molar-refractivity contribution in [3.8, 4) is 0 Å². The summed E-state index contributed by atoms with van der Waals surface area (Å²) < 4.78 is 36.3. The van der Waals surface area contributed by atoms with E-state index in [1.807, 2.05) is 0 Å². The quantitative estimate of drug-likeness (QED) is 0.790. The molecule has 0 aromatic rings. The van der Waals surface area contributed by atoms with Gasteiger partial charge in [0, 0.05) is 18.1 Å². The van der Waals surface area contributed by atoms with Crippen LogP contribution in [0.25, 0.3) is 0 Å². The van der Waals surface area contributed by atoms with E-state index in [0.717, 1.165) is 25.7 Å². The van der Waals surface area contributed by atoms with Crippen molar-refractivity contribution in [3.05, 3.63) is 0 Å². The van der Waals surface area contributed by atoms with E-state index in [-0.39, 0.29) is 5.54 Å². The van der Waals surface area contributed by atoms with E-state index < -0.39 is 18.6 Å². The number of hydrogen-bond acceptors (Lipinski definition) is 2. The third kappa shape index (κ3) is 5.16. The predicted molar refractivity (Wildman–Crippen MR) is 58.1 cm³/mol. The van der Waals surface area contributed by atoms with Crippen molar-refractivity contribution < 1.29 is 13.2 Å². The number of alkyl halides is 3. The Morgan fingerprint density at radius 1 is 1.25 bits per heavy atom. The zero-order chi connectivity index (χ0) is 12.2. The summed E-state index contributed by atoms with van der Waals surface area (Å²) in [6.07, 6.45) is 0.315. The summed E-state index contributed by atoms with van der Waals surface area (Å²) in [7, 11) is 0. The molecule has 16 heavy (non-hydrogen) atoms. The minimum atomic E-state index is -4.10. The fourth-order valence-electron chi connectivity index (χ4n) is 2.23. The lowest BCUT2D eigenvalue weighted by molar-refractivity contribution is -0.139. The molecule has 1 atom stereocenters. The highest BCUT2D eigenvalue weighted by Gasteiger charge is 2.32. The van der Waals surface area contributed by atoms with Crippen LogP contribution >= 0.6 is 0 Å². The van der Waals surface area contributed by atoms with Crippen molar-refractivity contribution in [3.63, 3.8) is 0 Å². The van der Waals surface area contributed by atoms with Gasteiger partial charge in [0.15, 0.2) is 0 Å². The lowest BCUT2D eigenvalue weighted by atomic mass is 9.82. The van der Waals surface area contributed by atoms with E-state index in [2.05, 4.69) is 5.32 Å². The molecular weight excluding hydrogens is 217 g/mol. The van der Waals surface area contributed by atoms with Crippen LogP contribution in [0.1, 0.15) is 45.4 Å². The van der Waals surface area contributed by atoms with Crippen molar-refractivity contribution in [1.82, 2.24) is 5.32 Å². The van der Waals surface area contributed by atoms with Gasteiger partial charge in [0.2, 0.25) is 0 Å². The first kappa shape index (κ1) is 13.8. The molecule has 1 aliphatic rings. The van der Waals surface area contributed by atoms with Crippen molar-refractivity contribution >= 4 is 0 Å². The molecule has 3 N–H and O–H groups in total. The molecule has 0 saturated heterocycles. The monoisotopic (exact) mass is 238 g/mol. The van der Waals surface area contributed by atoms with Crippen LogP contribution in [0.4, 0.5) is 13.2 Å². The standard InChI is InChI=1S/C11H21F3N2/c1-9(7-11(12,13)14)16-8-10(15)5-3-2-4-6-10/h9,16H,2-8,15H2,1H3. The molecule has 2 nitrogen and oxygen atoms in total. The Kier molecular flexibility index (Phi) is 4.62. The van der Waals surface area contributed by atoms with E-state index in [0.29, 0.717) is 6.54 Å². The van der Waals surface area contributed by atoms with Gasteiger partial charge in [-0.05, 0) is 19.8 Å². The van der Waals surface area contributed by atoms with Gasteiger partial charge in [-0.1, -0.05) is 19.3 Å². The minimum Gasteiger partial charge on any atom is -0.324 e. The van der Waals surface area contributed by atoms with Gasteiger partial charge in [0.1, 0.15) is 0 Å². The first-order valence-electron chi connectivity index (χ1n) is 5.90. The van der Waals surface area contributed by atoms with Crippen LogP contribution in [0, 0.1) is 0 Å². The van der Waals surface area contributed by atoms with Crippen molar-refractivity contribution in [2.75, 3.05) is 6.54 Å². The normalized spacial score (nSPS) is 23.1. The van der Waals surface area contributed by atoms with E-state index in [4.69, 9.17) is 5.73 Å². The molecule has 96 valence electrons. The molecule has 0 aliphatic heterocycles. The fourth-order valence-corrected chi connectivity index (χ4v) is 2.23. The van der Waals surface area contributed by atoms with Crippen LogP contribution in [0.3, 0.4) is 0 Å². The summed E-state index contributed by atoms with van der Waals surface area (Å²) >= 11 is 0. The summed E-state index contributed by atoms with van der Waals surface area (Å²) in [4.78, 5) is 0. The van der Waals surface area contributed by atoms with Gasteiger partial charge >= 0.3 is 6.18 Å². The molecule has 0 bridgehead atoms. The van der Waals surface area contributed by atoms with E-state index >= 15 is 0 Å². The van der Waals surface area contributed by atoms with Gasteiger partial charge in [-0.15, -0.1) is 0 Å². The Balaban J connectivity index is 2.27. The fraction of sp³-hybridized carbons (Fsp3) is 1.00. The molecule has 5 heteroatoms. The number of rotatable bonds is 4. The third-order valence-corrected chi connectivity index (χ3v) is 3.19. The second kappa shape index (κ2) is 5.36. The van der Waals surface area contributed by atoms with Gasteiger partial charge in [-0.3, -0.25) is 0 Å². The maximum atomic E-state index is 12.1. The number of halogens is 3. The molecule has 1 unspecified atom stereocenters. The molecule has 1 fully saturated rings. The molecule has 1 aliphatic carbocycles. The first-order valence-corrected chi connectivity index (χ1v) is 5.90. The van der Waals surface area contributed by atoms with Crippen LogP contribution in [-0.4, -0.2) is 24.3 Å². The van der Waals surface area contributed by atoms with Crippen LogP contribution in [-0.2, 0) is 0 Å². The van der Waals surface area contributed by atoms with Gasteiger partial charge in [0.05, 0.1) is 6.42 Å². The topological polar surface area (TPSA) is 38.0 Å². The smallest absolute Gasteiger partial charge is 0.324 e. The summed E-state index contributed by atoms with van der Waals surface area (Å²) in [6, 6.07) is -0.553. The van der Waals surface area contributed by atoms with Crippen LogP contribution < -0.4 is 11.1 Å². The Bertz CT molecular complexity index is 210. The summed E-state index contributed by atoms with van der Waals surface area (Å²) in [5, 5.41) is 2.90. The molecule has 0 amide bonds. The summed E-state index contributed by atoms with van der Waals surface area (Å²) in [5.74, 6) is 0.